The van der Waals surface area contributed by atoms with Crippen LogP contribution in [-0.4, -0.2) is 22.6 Å². The average Bonchev–Trinajstić information content (AvgIpc) is 2.48. The van der Waals surface area contributed by atoms with E-state index in [4.69, 9.17) is 17.3 Å². The van der Waals surface area contributed by atoms with Crippen molar-refractivity contribution in [2.45, 2.75) is 0 Å². The van der Waals surface area contributed by atoms with Crippen LogP contribution in [0.2, 0.25) is 5.02 Å². The second-order valence-corrected chi connectivity index (χ2v) is 4.39. The van der Waals surface area contributed by atoms with E-state index in [0.29, 0.717) is 16.3 Å². The molecule has 6 nitrogen and oxygen atoms in total. The van der Waals surface area contributed by atoms with Gasteiger partial charge in [0.1, 0.15) is 5.69 Å². The topological polar surface area (TPSA) is 101 Å². The average molecular weight is 303 g/mol. The van der Waals surface area contributed by atoms with Crippen LogP contribution in [0.25, 0.3) is 0 Å². The number of carbonyl (C=O) groups excluding carboxylic acids is 1. The molecule has 4 N–H and O–H groups in total. The quantitative estimate of drug-likeness (QED) is 0.720. The van der Waals surface area contributed by atoms with Crippen molar-refractivity contribution >= 4 is 23.2 Å². The van der Waals surface area contributed by atoms with Gasteiger partial charge in [-0.1, -0.05) is 23.4 Å². The van der Waals surface area contributed by atoms with Crippen LogP contribution in [0.1, 0.15) is 16.1 Å². The molecule has 0 aliphatic rings. The molecular weight excluding hydrogens is 292 g/mol. The number of hydrogen-bond acceptors (Lipinski definition) is 4. The lowest BCUT2D eigenvalue weighted by atomic mass is 10.1. The van der Waals surface area contributed by atoms with Crippen LogP contribution in [0.15, 0.2) is 35.1 Å². The maximum atomic E-state index is 12.0. The smallest absolute Gasteiger partial charge is 0.276 e. The molecule has 1 aromatic carbocycles. The normalized spacial score (nSPS) is 9.62. The Bertz CT molecular complexity index is 769. The van der Waals surface area contributed by atoms with Gasteiger partial charge < -0.3 is 11.1 Å². The number of carbonyl (C=O) groups is 1. The van der Waals surface area contributed by atoms with E-state index in [9.17, 15) is 9.59 Å². The molecule has 0 aliphatic carbocycles. The lowest BCUT2D eigenvalue weighted by Gasteiger charge is -2.07. The Morgan fingerprint density at radius 1 is 1.38 bits per heavy atom. The predicted molar refractivity (Wildman–Crippen MR) is 80.2 cm³/mol. The number of nitrogens with two attached hydrogens (primary N) is 1. The zero-order valence-electron chi connectivity index (χ0n) is 10.8. The van der Waals surface area contributed by atoms with E-state index < -0.39 is 5.91 Å². The summed E-state index contributed by atoms with van der Waals surface area (Å²) >= 11 is 5.90. The monoisotopic (exact) mass is 302 g/mol. The van der Waals surface area contributed by atoms with Gasteiger partial charge in [0.05, 0.1) is 12.2 Å². The van der Waals surface area contributed by atoms with E-state index in [1.807, 2.05) is 0 Å². The van der Waals surface area contributed by atoms with Gasteiger partial charge in [0.15, 0.2) is 0 Å². The molecule has 1 aromatic heterocycles. The highest BCUT2D eigenvalue weighted by Gasteiger charge is 2.10. The number of H-pyrrole nitrogens is 1. The number of anilines is 1. The van der Waals surface area contributed by atoms with Crippen LogP contribution in [0.3, 0.4) is 0 Å². The zero-order chi connectivity index (χ0) is 15.2. The van der Waals surface area contributed by atoms with Crippen molar-refractivity contribution in [3.05, 3.63) is 57.0 Å². The number of amides is 1. The third kappa shape index (κ3) is 3.92. The van der Waals surface area contributed by atoms with Gasteiger partial charge in [-0.15, -0.1) is 0 Å². The Labute approximate surface area is 125 Å². The second kappa shape index (κ2) is 6.70. The molecule has 2 aromatic rings. The summed E-state index contributed by atoms with van der Waals surface area (Å²) < 4.78 is 0. The minimum atomic E-state index is -0.468. The van der Waals surface area contributed by atoms with Crippen molar-refractivity contribution in [1.29, 1.82) is 0 Å². The summed E-state index contributed by atoms with van der Waals surface area (Å²) in [7, 11) is 0. The van der Waals surface area contributed by atoms with Crippen LogP contribution < -0.4 is 16.6 Å². The van der Waals surface area contributed by atoms with Crippen molar-refractivity contribution < 1.29 is 4.79 Å². The van der Waals surface area contributed by atoms with Gasteiger partial charge >= 0.3 is 0 Å². The first-order valence-electron chi connectivity index (χ1n) is 5.95. The second-order valence-electron chi connectivity index (χ2n) is 3.96. The van der Waals surface area contributed by atoms with E-state index in [2.05, 4.69) is 27.4 Å². The maximum absolute atomic E-state index is 12.0. The van der Waals surface area contributed by atoms with E-state index in [1.54, 1.807) is 18.2 Å². The summed E-state index contributed by atoms with van der Waals surface area (Å²) in [6, 6.07) is 7.44. The SMILES string of the molecule is NCC#Cc1cc(Cl)ccc1NC(=O)c1ccc(=O)[nH]n1. The van der Waals surface area contributed by atoms with Crippen LogP contribution in [0.5, 0.6) is 0 Å². The number of aromatic nitrogens is 2. The number of nitrogens with zero attached hydrogens (tertiary/aromatic N) is 1. The molecule has 0 atom stereocenters. The van der Waals surface area contributed by atoms with Gasteiger partial charge in [0.25, 0.3) is 11.5 Å². The van der Waals surface area contributed by atoms with Crippen molar-refractivity contribution in [2.24, 2.45) is 5.73 Å². The standard InChI is InChI=1S/C14H11ClN4O2/c15-10-3-4-11(9(8-10)2-1-7-16)17-14(21)12-5-6-13(20)19-18-12/h3-6,8H,7,16H2,(H,17,21)(H,19,20). The van der Waals surface area contributed by atoms with Crippen LogP contribution in [-0.2, 0) is 0 Å². The van der Waals surface area contributed by atoms with Crippen LogP contribution in [0.4, 0.5) is 5.69 Å². The maximum Gasteiger partial charge on any atom is 0.276 e. The van der Waals surface area contributed by atoms with Gasteiger partial charge in [0.2, 0.25) is 0 Å². The molecule has 1 amide bonds. The Hall–Kier alpha value is -2.62. The van der Waals surface area contributed by atoms with Crippen molar-refractivity contribution in [2.75, 3.05) is 11.9 Å². The van der Waals surface area contributed by atoms with E-state index in [0.717, 1.165) is 0 Å². The molecule has 21 heavy (non-hydrogen) atoms. The molecule has 7 heteroatoms. The highest BCUT2D eigenvalue weighted by Crippen LogP contribution is 2.20. The lowest BCUT2D eigenvalue weighted by Crippen LogP contribution is -2.18. The number of halogens is 1. The molecule has 2 rings (SSSR count). The summed E-state index contributed by atoms with van der Waals surface area (Å²) in [6.07, 6.45) is 0. The third-order valence-corrected chi connectivity index (χ3v) is 2.70. The summed E-state index contributed by atoms with van der Waals surface area (Å²) in [5, 5.41) is 9.00. The molecule has 0 radical (unpaired) electrons. The first-order valence-corrected chi connectivity index (χ1v) is 6.33. The summed E-state index contributed by atoms with van der Waals surface area (Å²) in [5.41, 5.74) is 6.07. The summed E-state index contributed by atoms with van der Waals surface area (Å²) in [4.78, 5) is 23.0. The Morgan fingerprint density at radius 3 is 2.86 bits per heavy atom. The predicted octanol–water partition coefficient (Wildman–Crippen LogP) is 0.986. The summed E-state index contributed by atoms with van der Waals surface area (Å²) in [6.45, 7) is 0.196. The largest absolute Gasteiger partial charge is 0.320 e. The third-order valence-electron chi connectivity index (χ3n) is 2.47. The number of aromatic amines is 1. The highest BCUT2D eigenvalue weighted by atomic mass is 35.5. The minimum absolute atomic E-state index is 0.0854. The lowest BCUT2D eigenvalue weighted by molar-refractivity contribution is 0.102. The fraction of sp³-hybridized carbons (Fsp3) is 0.0714. The highest BCUT2D eigenvalue weighted by molar-refractivity contribution is 6.30. The molecular formula is C14H11ClN4O2. The van der Waals surface area contributed by atoms with E-state index in [-0.39, 0.29) is 17.8 Å². The number of hydrogen-bond donors (Lipinski definition) is 3. The Kier molecular flexibility index (Phi) is 4.72. The summed E-state index contributed by atoms with van der Waals surface area (Å²) in [5.74, 6) is 5.06. The number of rotatable bonds is 2. The first-order chi connectivity index (χ1) is 10.1. The molecule has 0 saturated carbocycles. The van der Waals surface area contributed by atoms with Crippen molar-refractivity contribution in [1.82, 2.24) is 10.2 Å². The van der Waals surface area contributed by atoms with Gasteiger partial charge in [-0.3, -0.25) is 9.59 Å². The first kappa shape index (κ1) is 14.8. The van der Waals surface area contributed by atoms with E-state index >= 15 is 0 Å². The van der Waals surface area contributed by atoms with Gasteiger partial charge in [-0.2, -0.15) is 5.10 Å². The number of nitrogens with one attached hydrogen (secondary N) is 2. The van der Waals surface area contributed by atoms with E-state index in [1.165, 1.54) is 12.1 Å². The fourth-order valence-corrected chi connectivity index (χ4v) is 1.70. The van der Waals surface area contributed by atoms with Gasteiger partial charge in [-0.25, -0.2) is 5.10 Å². The Balaban J connectivity index is 2.28. The van der Waals surface area contributed by atoms with Crippen LogP contribution in [0, 0.1) is 11.8 Å². The van der Waals surface area contributed by atoms with Gasteiger partial charge in [0, 0.05) is 16.7 Å². The van der Waals surface area contributed by atoms with Crippen molar-refractivity contribution in [3.8, 4) is 11.8 Å². The molecule has 0 saturated heterocycles. The molecule has 0 unspecified atom stereocenters. The van der Waals surface area contributed by atoms with Crippen LogP contribution >= 0.6 is 11.6 Å². The molecule has 0 fully saturated rings. The molecule has 0 spiro atoms. The zero-order valence-corrected chi connectivity index (χ0v) is 11.6. The Morgan fingerprint density at radius 2 is 2.19 bits per heavy atom. The number of benzene rings is 1. The molecule has 106 valence electrons. The molecule has 0 bridgehead atoms. The minimum Gasteiger partial charge on any atom is -0.320 e. The molecule has 0 aliphatic heterocycles. The van der Waals surface area contributed by atoms with Gasteiger partial charge in [-0.05, 0) is 24.3 Å². The fourth-order valence-electron chi connectivity index (χ4n) is 1.53. The van der Waals surface area contributed by atoms with Crippen molar-refractivity contribution in [3.63, 3.8) is 0 Å². The molecule has 1 heterocycles.